The third-order valence-corrected chi connectivity index (χ3v) is 5.09. The molecule has 0 aromatic heterocycles. The molecule has 5 aromatic carbocycles. The van der Waals surface area contributed by atoms with Gasteiger partial charge in [0.1, 0.15) is 0 Å². The van der Waals surface area contributed by atoms with E-state index in [0.717, 1.165) is 0 Å². The van der Waals surface area contributed by atoms with E-state index >= 15 is 0 Å². The van der Waals surface area contributed by atoms with E-state index in [2.05, 4.69) is 74.2 Å². The second-order valence-corrected chi connectivity index (χ2v) is 6.30. The van der Waals surface area contributed by atoms with Gasteiger partial charge in [0.05, 0.1) is 0 Å². The molecule has 0 spiro atoms. The molecule has 0 unspecified atom stereocenters. The normalized spacial score (nSPS) is 11.9. The number of hydrogen-bond donors (Lipinski definition) is 0. The van der Waals surface area contributed by atoms with Crippen molar-refractivity contribution in [1.29, 1.82) is 0 Å². The molecular weight excluding hydrogens is 276 g/mol. The van der Waals surface area contributed by atoms with Crippen LogP contribution in [-0.4, -0.2) is 0 Å². The maximum atomic E-state index is 4.04. The summed E-state index contributed by atoms with van der Waals surface area (Å²) in [5.74, 6) is 0. The Balaban J connectivity index is 2.32. The van der Waals surface area contributed by atoms with Crippen LogP contribution in [0.15, 0.2) is 67.2 Å². The highest BCUT2D eigenvalue weighted by Gasteiger charge is 2.15. The molecule has 0 nitrogen and oxygen atoms in total. The van der Waals surface area contributed by atoms with Gasteiger partial charge >= 0.3 is 0 Å². The Bertz CT molecular complexity index is 1230. The van der Waals surface area contributed by atoms with Crippen LogP contribution < -0.4 is 0 Å². The fourth-order valence-corrected chi connectivity index (χ4v) is 4.09. The van der Waals surface area contributed by atoms with Crippen molar-refractivity contribution < 1.29 is 0 Å². The van der Waals surface area contributed by atoms with Crippen molar-refractivity contribution in [2.45, 2.75) is 6.92 Å². The largest absolute Gasteiger partial charge is 0.0984 e. The van der Waals surface area contributed by atoms with Gasteiger partial charge in [-0.3, -0.25) is 0 Å². The quantitative estimate of drug-likeness (QED) is 0.238. The van der Waals surface area contributed by atoms with Gasteiger partial charge in [-0.25, -0.2) is 0 Å². The average molecular weight is 292 g/mol. The minimum atomic E-state index is 1.21. The third kappa shape index (κ3) is 1.50. The number of aryl methyl sites for hydroxylation is 1. The zero-order valence-electron chi connectivity index (χ0n) is 13.1. The molecule has 0 N–H and O–H groups in total. The maximum absolute atomic E-state index is 4.04. The standard InChI is InChI=1S/C23H16/c1-3-15-6-4-8-18-19-9-5-7-16-12-13-17-11-10-14(2)20(21(15)18)23(17)22(16)19/h3-13H,1H2,2H3. The predicted molar refractivity (Wildman–Crippen MR) is 102 cm³/mol. The number of rotatable bonds is 1. The summed E-state index contributed by atoms with van der Waals surface area (Å²) in [7, 11) is 0. The summed E-state index contributed by atoms with van der Waals surface area (Å²) in [6, 6.07) is 22.1. The molecule has 23 heavy (non-hydrogen) atoms. The monoisotopic (exact) mass is 292 g/mol. The molecule has 0 heteroatoms. The van der Waals surface area contributed by atoms with Gasteiger partial charge in [-0.2, -0.15) is 0 Å². The van der Waals surface area contributed by atoms with Crippen LogP contribution in [0.2, 0.25) is 0 Å². The van der Waals surface area contributed by atoms with E-state index in [1.54, 1.807) is 0 Å². The van der Waals surface area contributed by atoms with E-state index in [0.29, 0.717) is 0 Å². The highest BCUT2D eigenvalue weighted by atomic mass is 14.2. The second-order valence-electron chi connectivity index (χ2n) is 6.30. The van der Waals surface area contributed by atoms with Crippen molar-refractivity contribution in [3.05, 3.63) is 78.4 Å². The van der Waals surface area contributed by atoms with Crippen LogP contribution >= 0.6 is 0 Å². The molecule has 0 saturated heterocycles. The van der Waals surface area contributed by atoms with E-state index in [-0.39, 0.29) is 0 Å². The van der Waals surface area contributed by atoms with Gasteiger partial charge < -0.3 is 0 Å². The van der Waals surface area contributed by atoms with Crippen molar-refractivity contribution in [2.75, 3.05) is 0 Å². The molecule has 5 aromatic rings. The molecule has 5 rings (SSSR count). The summed E-state index contributed by atoms with van der Waals surface area (Å²) in [5.41, 5.74) is 2.54. The smallest absolute Gasteiger partial charge is 0.00175 e. The first-order valence-corrected chi connectivity index (χ1v) is 8.01. The summed E-state index contributed by atoms with van der Waals surface area (Å²) < 4.78 is 0. The predicted octanol–water partition coefficient (Wildman–Crippen LogP) is 6.69. The SMILES string of the molecule is C=Cc1cccc2c3cccc4ccc5ccc(C)c(c12)c5c43. The number of hydrogen-bond acceptors (Lipinski definition) is 0. The Morgan fingerprint density at radius 3 is 2.09 bits per heavy atom. The summed E-state index contributed by atoms with van der Waals surface area (Å²) >= 11 is 0. The number of fused-ring (bicyclic) bond motifs is 3. The fourth-order valence-electron chi connectivity index (χ4n) is 4.09. The van der Waals surface area contributed by atoms with Crippen LogP contribution in [0.25, 0.3) is 49.2 Å². The summed E-state index contributed by atoms with van der Waals surface area (Å²) in [4.78, 5) is 0. The first-order valence-electron chi connectivity index (χ1n) is 8.01. The minimum absolute atomic E-state index is 1.21. The Morgan fingerprint density at radius 1 is 0.652 bits per heavy atom. The van der Waals surface area contributed by atoms with E-state index in [9.17, 15) is 0 Å². The van der Waals surface area contributed by atoms with E-state index in [1.165, 1.54) is 54.2 Å². The molecule has 0 radical (unpaired) electrons. The van der Waals surface area contributed by atoms with Gasteiger partial charge in [-0.1, -0.05) is 73.3 Å². The zero-order valence-corrected chi connectivity index (χ0v) is 13.1. The summed E-state index contributed by atoms with van der Waals surface area (Å²) in [6.07, 6.45) is 1.98. The van der Waals surface area contributed by atoms with Gasteiger partial charge in [0.25, 0.3) is 0 Å². The van der Waals surface area contributed by atoms with Crippen LogP contribution in [0, 0.1) is 6.92 Å². The third-order valence-electron chi connectivity index (χ3n) is 5.09. The highest BCUT2D eigenvalue weighted by molar-refractivity contribution is 6.35. The first kappa shape index (κ1) is 12.7. The average Bonchev–Trinajstić information content (AvgIpc) is 2.60. The van der Waals surface area contributed by atoms with E-state index in [1.807, 2.05) is 6.08 Å². The van der Waals surface area contributed by atoms with Crippen LogP contribution in [0.4, 0.5) is 0 Å². The van der Waals surface area contributed by atoms with Crippen molar-refractivity contribution in [3.63, 3.8) is 0 Å². The minimum Gasteiger partial charge on any atom is -0.0984 e. The van der Waals surface area contributed by atoms with E-state index < -0.39 is 0 Å². The van der Waals surface area contributed by atoms with E-state index in [4.69, 9.17) is 0 Å². The molecule has 108 valence electrons. The zero-order chi connectivity index (χ0) is 15.6. The van der Waals surface area contributed by atoms with Crippen molar-refractivity contribution in [3.8, 4) is 0 Å². The Hall–Kier alpha value is -2.86. The molecule has 0 bridgehead atoms. The van der Waals surface area contributed by atoms with Crippen molar-refractivity contribution >= 4 is 49.2 Å². The molecule has 0 saturated carbocycles. The Morgan fingerprint density at radius 2 is 1.30 bits per heavy atom. The van der Waals surface area contributed by atoms with Crippen LogP contribution in [0.5, 0.6) is 0 Å². The molecule has 0 atom stereocenters. The fraction of sp³-hybridized carbons (Fsp3) is 0.0435. The summed E-state index contributed by atoms with van der Waals surface area (Å²) in [6.45, 7) is 6.25. The van der Waals surface area contributed by atoms with Crippen LogP contribution in [-0.2, 0) is 0 Å². The van der Waals surface area contributed by atoms with Gasteiger partial charge in [-0.05, 0) is 61.1 Å². The number of benzene rings is 5. The van der Waals surface area contributed by atoms with Crippen molar-refractivity contribution in [1.82, 2.24) is 0 Å². The maximum Gasteiger partial charge on any atom is -0.00175 e. The lowest BCUT2D eigenvalue weighted by atomic mass is 9.86. The summed E-state index contributed by atoms with van der Waals surface area (Å²) in [5, 5.41) is 10.8. The van der Waals surface area contributed by atoms with Crippen LogP contribution in [0.3, 0.4) is 0 Å². The lowest BCUT2D eigenvalue weighted by Gasteiger charge is -2.17. The second kappa shape index (κ2) is 4.33. The Kier molecular flexibility index (Phi) is 2.38. The highest BCUT2D eigenvalue weighted by Crippen LogP contribution is 2.42. The molecule has 0 aliphatic heterocycles. The van der Waals surface area contributed by atoms with Gasteiger partial charge in [0, 0.05) is 0 Å². The molecule has 0 aliphatic rings. The van der Waals surface area contributed by atoms with Gasteiger partial charge in [0.15, 0.2) is 0 Å². The lowest BCUT2D eigenvalue weighted by Crippen LogP contribution is -1.90. The molecule has 0 amide bonds. The topological polar surface area (TPSA) is 0 Å². The first-order chi connectivity index (χ1) is 11.3. The Labute approximate surface area is 135 Å². The van der Waals surface area contributed by atoms with Gasteiger partial charge in [-0.15, -0.1) is 0 Å². The van der Waals surface area contributed by atoms with Crippen LogP contribution in [0.1, 0.15) is 11.1 Å². The van der Waals surface area contributed by atoms with Gasteiger partial charge in [0.2, 0.25) is 0 Å². The molecule has 0 fully saturated rings. The molecular formula is C23H16. The molecule has 0 aliphatic carbocycles. The van der Waals surface area contributed by atoms with Crippen molar-refractivity contribution in [2.24, 2.45) is 0 Å². The molecule has 0 heterocycles. The lowest BCUT2D eigenvalue weighted by molar-refractivity contribution is 1.56.